The van der Waals surface area contributed by atoms with Gasteiger partial charge in [0.1, 0.15) is 0 Å². The summed E-state index contributed by atoms with van der Waals surface area (Å²) in [7, 11) is 0. The fourth-order valence-electron chi connectivity index (χ4n) is 3.72. The van der Waals surface area contributed by atoms with Crippen LogP contribution in [0.3, 0.4) is 0 Å². The number of carboxylic acids is 1. The highest BCUT2D eigenvalue weighted by Crippen LogP contribution is 2.37. The van der Waals surface area contributed by atoms with Gasteiger partial charge in [-0.15, -0.1) is 0 Å². The number of nitrogens with zero attached hydrogens (tertiary/aromatic N) is 1. The van der Waals surface area contributed by atoms with Crippen molar-refractivity contribution in [3.8, 4) is 0 Å². The lowest BCUT2D eigenvalue weighted by Crippen LogP contribution is -2.54. The first-order valence-corrected chi connectivity index (χ1v) is 8.16. The van der Waals surface area contributed by atoms with Crippen molar-refractivity contribution in [2.24, 2.45) is 5.41 Å². The van der Waals surface area contributed by atoms with Gasteiger partial charge in [0.05, 0.1) is 18.1 Å². The second kappa shape index (κ2) is 6.90. The molecule has 0 aromatic heterocycles. The maximum Gasteiger partial charge on any atom is 0.310 e. The van der Waals surface area contributed by atoms with E-state index in [1.807, 2.05) is 0 Å². The van der Waals surface area contributed by atoms with Gasteiger partial charge < -0.3 is 9.84 Å². The Kier molecular flexibility index (Phi) is 5.44. The molecule has 4 heteroatoms. The molecule has 20 heavy (non-hydrogen) atoms. The summed E-state index contributed by atoms with van der Waals surface area (Å²) in [5, 5.41) is 9.81. The van der Waals surface area contributed by atoms with Crippen LogP contribution in [0.1, 0.15) is 58.8 Å². The maximum atomic E-state index is 11.9. The molecule has 1 N–H and O–H groups in total. The first kappa shape index (κ1) is 15.8. The zero-order valence-corrected chi connectivity index (χ0v) is 12.9. The minimum atomic E-state index is -0.589. The smallest absolute Gasteiger partial charge is 0.310 e. The predicted octanol–water partition coefficient (Wildman–Crippen LogP) is 2.91. The SMILES string of the molecule is CCC1COC(C)CN1CC1(C(=O)O)CCCCCC1. The molecule has 0 amide bonds. The van der Waals surface area contributed by atoms with Crippen molar-refractivity contribution < 1.29 is 14.6 Å². The zero-order valence-electron chi connectivity index (χ0n) is 12.9. The highest BCUT2D eigenvalue weighted by Gasteiger charge is 2.42. The van der Waals surface area contributed by atoms with Crippen LogP contribution in [0.15, 0.2) is 0 Å². The van der Waals surface area contributed by atoms with Crippen molar-refractivity contribution in [3.63, 3.8) is 0 Å². The molecule has 1 heterocycles. The van der Waals surface area contributed by atoms with Gasteiger partial charge in [0.2, 0.25) is 0 Å². The van der Waals surface area contributed by atoms with Crippen LogP contribution < -0.4 is 0 Å². The van der Waals surface area contributed by atoms with E-state index in [2.05, 4.69) is 18.7 Å². The number of hydrogen-bond acceptors (Lipinski definition) is 3. The van der Waals surface area contributed by atoms with Gasteiger partial charge in [0.15, 0.2) is 0 Å². The second-order valence-electron chi connectivity index (χ2n) is 6.64. The second-order valence-corrected chi connectivity index (χ2v) is 6.64. The van der Waals surface area contributed by atoms with Gasteiger partial charge in [-0.3, -0.25) is 9.69 Å². The predicted molar refractivity (Wildman–Crippen MR) is 78.8 cm³/mol. The molecule has 0 spiro atoms. The lowest BCUT2D eigenvalue weighted by Gasteiger charge is -2.43. The van der Waals surface area contributed by atoms with Crippen molar-refractivity contribution in [1.29, 1.82) is 0 Å². The summed E-state index contributed by atoms with van der Waals surface area (Å²) in [5.74, 6) is -0.589. The number of morpholine rings is 1. The van der Waals surface area contributed by atoms with Crippen LogP contribution in [0, 0.1) is 5.41 Å². The van der Waals surface area contributed by atoms with Crippen LogP contribution in [0.2, 0.25) is 0 Å². The normalized spacial score (nSPS) is 31.7. The summed E-state index contributed by atoms with van der Waals surface area (Å²) in [6.07, 6.45) is 7.41. The summed E-state index contributed by atoms with van der Waals surface area (Å²) >= 11 is 0. The van der Waals surface area contributed by atoms with Crippen LogP contribution in [0.25, 0.3) is 0 Å². The Bertz CT molecular complexity index is 324. The van der Waals surface area contributed by atoms with E-state index in [1.54, 1.807) is 0 Å². The lowest BCUT2D eigenvalue weighted by atomic mass is 9.79. The van der Waals surface area contributed by atoms with E-state index in [0.717, 1.165) is 45.3 Å². The van der Waals surface area contributed by atoms with E-state index in [-0.39, 0.29) is 6.10 Å². The Morgan fingerprint density at radius 2 is 1.95 bits per heavy atom. The lowest BCUT2D eigenvalue weighted by molar-refractivity contribution is -0.154. The van der Waals surface area contributed by atoms with Crippen molar-refractivity contribution in [3.05, 3.63) is 0 Å². The van der Waals surface area contributed by atoms with E-state index in [0.29, 0.717) is 12.6 Å². The van der Waals surface area contributed by atoms with Crippen molar-refractivity contribution in [1.82, 2.24) is 4.90 Å². The van der Waals surface area contributed by atoms with Gasteiger partial charge in [-0.05, 0) is 26.2 Å². The first-order chi connectivity index (χ1) is 9.57. The molecule has 2 rings (SSSR count). The fraction of sp³-hybridized carbons (Fsp3) is 0.938. The third-order valence-corrected chi connectivity index (χ3v) is 5.07. The van der Waals surface area contributed by atoms with Crippen molar-refractivity contribution in [2.75, 3.05) is 19.7 Å². The Hall–Kier alpha value is -0.610. The topological polar surface area (TPSA) is 49.8 Å². The van der Waals surface area contributed by atoms with Crippen LogP contribution in [0.4, 0.5) is 0 Å². The highest BCUT2D eigenvalue weighted by molar-refractivity contribution is 5.75. The van der Waals surface area contributed by atoms with Crippen LogP contribution in [-0.4, -0.2) is 47.8 Å². The quantitative estimate of drug-likeness (QED) is 0.806. The molecular formula is C16H29NO3. The molecule has 0 bridgehead atoms. The van der Waals surface area contributed by atoms with E-state index < -0.39 is 11.4 Å². The Morgan fingerprint density at radius 1 is 1.30 bits per heavy atom. The summed E-state index contributed by atoms with van der Waals surface area (Å²) in [6, 6.07) is 0.380. The molecule has 2 aliphatic rings. The number of hydrogen-bond donors (Lipinski definition) is 1. The largest absolute Gasteiger partial charge is 0.481 e. The van der Waals surface area contributed by atoms with Crippen LogP contribution >= 0.6 is 0 Å². The number of carboxylic acid groups (broad SMARTS) is 1. The van der Waals surface area contributed by atoms with Crippen LogP contribution in [-0.2, 0) is 9.53 Å². The van der Waals surface area contributed by atoms with Crippen molar-refractivity contribution in [2.45, 2.75) is 70.9 Å². The number of carbonyl (C=O) groups is 1. The molecule has 1 saturated carbocycles. The number of ether oxygens (including phenoxy) is 1. The summed E-state index contributed by atoms with van der Waals surface area (Å²) < 4.78 is 5.73. The van der Waals surface area contributed by atoms with E-state index >= 15 is 0 Å². The van der Waals surface area contributed by atoms with Crippen LogP contribution in [0.5, 0.6) is 0 Å². The highest BCUT2D eigenvalue weighted by atomic mass is 16.5. The minimum absolute atomic E-state index is 0.217. The van der Waals surface area contributed by atoms with E-state index in [4.69, 9.17) is 4.74 Å². The molecular weight excluding hydrogens is 254 g/mol. The standard InChI is InChI=1S/C16H29NO3/c1-3-14-11-20-13(2)10-17(14)12-16(15(18)19)8-6-4-5-7-9-16/h13-14H,3-12H2,1-2H3,(H,18,19). The molecule has 0 aromatic rings. The third-order valence-electron chi connectivity index (χ3n) is 5.07. The molecule has 2 fully saturated rings. The molecule has 4 nitrogen and oxygen atoms in total. The zero-order chi connectivity index (χ0) is 14.6. The monoisotopic (exact) mass is 283 g/mol. The molecule has 1 saturated heterocycles. The maximum absolute atomic E-state index is 11.9. The van der Waals surface area contributed by atoms with Gasteiger partial charge in [0.25, 0.3) is 0 Å². The molecule has 2 atom stereocenters. The number of aliphatic carboxylic acids is 1. The summed E-state index contributed by atoms with van der Waals surface area (Å²) in [5.41, 5.74) is -0.527. The van der Waals surface area contributed by atoms with E-state index in [1.165, 1.54) is 12.8 Å². The van der Waals surface area contributed by atoms with Gasteiger partial charge in [-0.25, -0.2) is 0 Å². The first-order valence-electron chi connectivity index (χ1n) is 8.16. The van der Waals surface area contributed by atoms with Crippen molar-refractivity contribution >= 4 is 5.97 Å². The molecule has 1 aliphatic heterocycles. The fourth-order valence-corrected chi connectivity index (χ4v) is 3.72. The van der Waals surface area contributed by atoms with Gasteiger partial charge in [-0.2, -0.15) is 0 Å². The average molecular weight is 283 g/mol. The summed E-state index contributed by atoms with van der Waals surface area (Å²) in [6.45, 7) is 6.56. The van der Waals surface area contributed by atoms with Gasteiger partial charge >= 0.3 is 5.97 Å². The molecule has 0 aromatic carbocycles. The minimum Gasteiger partial charge on any atom is -0.481 e. The molecule has 1 aliphatic carbocycles. The Balaban J connectivity index is 2.11. The Labute approximate surface area is 122 Å². The molecule has 116 valence electrons. The van der Waals surface area contributed by atoms with Gasteiger partial charge in [-0.1, -0.05) is 32.6 Å². The summed E-state index contributed by atoms with van der Waals surface area (Å²) in [4.78, 5) is 14.3. The Morgan fingerprint density at radius 3 is 2.50 bits per heavy atom. The van der Waals surface area contributed by atoms with Gasteiger partial charge in [0, 0.05) is 19.1 Å². The molecule has 0 radical (unpaired) electrons. The number of rotatable bonds is 4. The third kappa shape index (κ3) is 3.53. The van der Waals surface area contributed by atoms with E-state index in [9.17, 15) is 9.90 Å². The average Bonchev–Trinajstić information content (AvgIpc) is 2.66. The molecule has 2 unspecified atom stereocenters.